The number of amides is 2. The van der Waals surface area contributed by atoms with E-state index in [0.29, 0.717) is 19.7 Å². The third-order valence-corrected chi connectivity index (χ3v) is 2.39. The highest BCUT2D eigenvalue weighted by Gasteiger charge is 2.33. The van der Waals surface area contributed by atoms with Gasteiger partial charge in [0.05, 0.1) is 20.3 Å². The van der Waals surface area contributed by atoms with Crippen molar-refractivity contribution in [2.75, 3.05) is 33.4 Å². The number of carbonyl (C=O) groups is 2. The van der Waals surface area contributed by atoms with Gasteiger partial charge < -0.3 is 14.8 Å². The number of hydrogen-bond donors (Lipinski definition) is 1. The molecular weight excluding hydrogens is 212 g/mol. The molecule has 0 spiro atoms. The van der Waals surface area contributed by atoms with Gasteiger partial charge in [-0.2, -0.15) is 0 Å². The monoisotopic (exact) mass is 230 g/mol. The van der Waals surface area contributed by atoms with Gasteiger partial charge in [0.15, 0.2) is 0 Å². The first-order valence-corrected chi connectivity index (χ1v) is 5.40. The Morgan fingerprint density at radius 3 is 2.94 bits per heavy atom. The molecule has 0 aliphatic carbocycles. The zero-order valence-corrected chi connectivity index (χ0v) is 9.69. The zero-order valence-electron chi connectivity index (χ0n) is 9.69. The molecule has 0 radical (unpaired) electrons. The van der Waals surface area contributed by atoms with Crippen molar-refractivity contribution in [1.82, 2.24) is 10.2 Å². The van der Waals surface area contributed by atoms with Gasteiger partial charge in [0.1, 0.15) is 6.04 Å². The SMILES string of the molecule is CCCNC(=O)C1COCCN1C(=O)OC. The van der Waals surface area contributed by atoms with Crippen LogP contribution in [0.15, 0.2) is 0 Å². The molecule has 1 saturated heterocycles. The first-order valence-electron chi connectivity index (χ1n) is 5.40. The predicted molar refractivity (Wildman–Crippen MR) is 57.0 cm³/mol. The Labute approximate surface area is 94.9 Å². The minimum Gasteiger partial charge on any atom is -0.453 e. The molecule has 6 heteroatoms. The van der Waals surface area contributed by atoms with E-state index in [9.17, 15) is 9.59 Å². The molecule has 1 heterocycles. The summed E-state index contributed by atoms with van der Waals surface area (Å²) in [6.45, 7) is 3.62. The Kier molecular flexibility index (Phi) is 5.04. The van der Waals surface area contributed by atoms with Gasteiger partial charge in [0, 0.05) is 13.1 Å². The number of morpholine rings is 1. The maximum absolute atomic E-state index is 11.7. The lowest BCUT2D eigenvalue weighted by Crippen LogP contribution is -2.55. The highest BCUT2D eigenvalue weighted by Crippen LogP contribution is 2.08. The average Bonchev–Trinajstić information content (AvgIpc) is 2.35. The summed E-state index contributed by atoms with van der Waals surface area (Å²) in [6.07, 6.45) is 0.373. The molecule has 92 valence electrons. The van der Waals surface area contributed by atoms with E-state index in [4.69, 9.17) is 4.74 Å². The summed E-state index contributed by atoms with van der Waals surface area (Å²) in [7, 11) is 1.30. The summed E-state index contributed by atoms with van der Waals surface area (Å²) in [5, 5.41) is 2.74. The number of ether oxygens (including phenoxy) is 2. The first-order chi connectivity index (χ1) is 7.70. The molecule has 0 saturated carbocycles. The Morgan fingerprint density at radius 2 is 2.31 bits per heavy atom. The molecule has 6 nitrogen and oxygen atoms in total. The van der Waals surface area contributed by atoms with Crippen molar-refractivity contribution < 1.29 is 19.1 Å². The Bertz CT molecular complexity index is 257. The van der Waals surface area contributed by atoms with Gasteiger partial charge in [-0.3, -0.25) is 9.69 Å². The third-order valence-electron chi connectivity index (χ3n) is 2.39. The number of nitrogens with zero attached hydrogens (tertiary/aromatic N) is 1. The summed E-state index contributed by atoms with van der Waals surface area (Å²) in [4.78, 5) is 24.6. The minimum atomic E-state index is -0.576. The number of nitrogens with one attached hydrogen (secondary N) is 1. The zero-order chi connectivity index (χ0) is 12.0. The van der Waals surface area contributed by atoms with Crippen molar-refractivity contribution in [2.24, 2.45) is 0 Å². The molecule has 1 unspecified atom stereocenters. The Morgan fingerprint density at radius 1 is 1.56 bits per heavy atom. The van der Waals surface area contributed by atoms with Crippen molar-refractivity contribution in [3.8, 4) is 0 Å². The normalized spacial score (nSPS) is 20.4. The number of methoxy groups -OCH3 is 1. The van der Waals surface area contributed by atoms with Crippen molar-refractivity contribution in [1.29, 1.82) is 0 Å². The van der Waals surface area contributed by atoms with Gasteiger partial charge in [-0.1, -0.05) is 6.92 Å². The second-order valence-electron chi connectivity index (χ2n) is 3.55. The van der Waals surface area contributed by atoms with E-state index in [1.807, 2.05) is 6.92 Å². The fourth-order valence-electron chi connectivity index (χ4n) is 1.52. The van der Waals surface area contributed by atoms with Crippen LogP contribution in [0.3, 0.4) is 0 Å². The molecule has 16 heavy (non-hydrogen) atoms. The molecule has 1 atom stereocenters. The lowest BCUT2D eigenvalue weighted by atomic mass is 10.2. The summed E-state index contributed by atoms with van der Waals surface area (Å²) >= 11 is 0. The average molecular weight is 230 g/mol. The molecule has 2 amide bonds. The highest BCUT2D eigenvalue weighted by atomic mass is 16.5. The second-order valence-corrected chi connectivity index (χ2v) is 3.55. The van der Waals surface area contributed by atoms with Crippen LogP contribution in [-0.2, 0) is 14.3 Å². The van der Waals surface area contributed by atoms with E-state index in [1.54, 1.807) is 0 Å². The summed E-state index contributed by atoms with van der Waals surface area (Å²) in [6, 6.07) is -0.576. The van der Waals surface area contributed by atoms with Crippen LogP contribution in [0.4, 0.5) is 4.79 Å². The van der Waals surface area contributed by atoms with E-state index in [-0.39, 0.29) is 12.5 Å². The molecule has 0 bridgehead atoms. The van der Waals surface area contributed by atoms with Crippen LogP contribution in [-0.4, -0.2) is 56.4 Å². The fraction of sp³-hybridized carbons (Fsp3) is 0.800. The van der Waals surface area contributed by atoms with Gasteiger partial charge in [0.2, 0.25) is 5.91 Å². The Hall–Kier alpha value is -1.30. The highest BCUT2D eigenvalue weighted by molar-refractivity contribution is 5.85. The molecule has 1 aliphatic heterocycles. The van der Waals surface area contributed by atoms with Crippen LogP contribution in [0.25, 0.3) is 0 Å². The second kappa shape index (κ2) is 6.32. The Balaban J connectivity index is 2.59. The fourth-order valence-corrected chi connectivity index (χ4v) is 1.52. The molecule has 0 aromatic carbocycles. The topological polar surface area (TPSA) is 67.9 Å². The quantitative estimate of drug-likeness (QED) is 0.740. The standard InChI is InChI=1S/C10H18N2O4/c1-3-4-11-9(13)8-7-16-6-5-12(8)10(14)15-2/h8H,3-7H2,1-2H3,(H,11,13). The van der Waals surface area contributed by atoms with E-state index in [1.165, 1.54) is 12.0 Å². The van der Waals surface area contributed by atoms with Gasteiger partial charge in [-0.25, -0.2) is 4.79 Å². The molecule has 0 aromatic rings. The molecule has 0 aromatic heterocycles. The summed E-state index contributed by atoms with van der Waals surface area (Å²) in [5.41, 5.74) is 0. The van der Waals surface area contributed by atoms with Crippen molar-refractivity contribution >= 4 is 12.0 Å². The maximum atomic E-state index is 11.7. The smallest absolute Gasteiger partial charge is 0.410 e. The lowest BCUT2D eigenvalue weighted by Gasteiger charge is -2.33. The van der Waals surface area contributed by atoms with Crippen LogP contribution in [0.2, 0.25) is 0 Å². The molecule has 1 fully saturated rings. The summed E-state index contributed by atoms with van der Waals surface area (Å²) < 4.78 is 9.82. The van der Waals surface area contributed by atoms with Crippen LogP contribution in [0.1, 0.15) is 13.3 Å². The predicted octanol–water partition coefficient (Wildman–Crippen LogP) is -0.0202. The van der Waals surface area contributed by atoms with Crippen molar-refractivity contribution in [2.45, 2.75) is 19.4 Å². The van der Waals surface area contributed by atoms with E-state index < -0.39 is 12.1 Å². The van der Waals surface area contributed by atoms with Crippen LogP contribution < -0.4 is 5.32 Å². The number of rotatable bonds is 3. The van der Waals surface area contributed by atoms with Gasteiger partial charge in [-0.15, -0.1) is 0 Å². The summed E-state index contributed by atoms with van der Waals surface area (Å²) in [5.74, 6) is -0.188. The van der Waals surface area contributed by atoms with Gasteiger partial charge in [0.25, 0.3) is 0 Å². The lowest BCUT2D eigenvalue weighted by molar-refractivity contribution is -0.131. The van der Waals surface area contributed by atoms with Crippen molar-refractivity contribution in [3.05, 3.63) is 0 Å². The minimum absolute atomic E-state index is 0.188. The number of carbonyl (C=O) groups excluding carboxylic acids is 2. The van der Waals surface area contributed by atoms with E-state index in [0.717, 1.165) is 6.42 Å². The molecular formula is C10H18N2O4. The number of hydrogen-bond acceptors (Lipinski definition) is 4. The van der Waals surface area contributed by atoms with Crippen LogP contribution in [0, 0.1) is 0 Å². The van der Waals surface area contributed by atoms with Gasteiger partial charge in [-0.05, 0) is 6.42 Å². The molecule has 1 N–H and O–H groups in total. The third kappa shape index (κ3) is 3.10. The van der Waals surface area contributed by atoms with E-state index in [2.05, 4.69) is 10.1 Å². The van der Waals surface area contributed by atoms with Crippen LogP contribution >= 0.6 is 0 Å². The largest absolute Gasteiger partial charge is 0.453 e. The molecule has 1 rings (SSSR count). The van der Waals surface area contributed by atoms with Gasteiger partial charge >= 0.3 is 6.09 Å². The first kappa shape index (κ1) is 12.8. The van der Waals surface area contributed by atoms with Crippen molar-refractivity contribution in [3.63, 3.8) is 0 Å². The molecule has 1 aliphatic rings. The van der Waals surface area contributed by atoms with Crippen LogP contribution in [0.5, 0.6) is 0 Å². The maximum Gasteiger partial charge on any atom is 0.410 e. The van der Waals surface area contributed by atoms with E-state index >= 15 is 0 Å².